The first-order chi connectivity index (χ1) is 8.06. The maximum Gasteiger partial charge on any atom is 0.208 e. The SMILES string of the molecule is NC(=S)c1ncn(Cc2cc(Cl)ccc2Cl)n1. The highest BCUT2D eigenvalue weighted by Gasteiger charge is 2.06. The average Bonchev–Trinajstić information content (AvgIpc) is 2.72. The van der Waals surface area contributed by atoms with Crippen molar-refractivity contribution in [3.05, 3.63) is 46.0 Å². The van der Waals surface area contributed by atoms with Crippen molar-refractivity contribution in [2.75, 3.05) is 0 Å². The molecule has 1 heterocycles. The topological polar surface area (TPSA) is 56.7 Å². The molecule has 0 atom stereocenters. The molecule has 0 saturated carbocycles. The second-order valence-corrected chi connectivity index (χ2v) is 4.65. The molecule has 7 heteroatoms. The number of thiocarbonyl (C=S) groups is 1. The van der Waals surface area contributed by atoms with Gasteiger partial charge in [-0.1, -0.05) is 35.4 Å². The lowest BCUT2D eigenvalue weighted by atomic mass is 10.2. The summed E-state index contributed by atoms with van der Waals surface area (Å²) in [7, 11) is 0. The molecule has 0 saturated heterocycles. The van der Waals surface area contributed by atoms with Gasteiger partial charge in [0.2, 0.25) is 5.82 Å². The number of nitrogens with zero attached hydrogens (tertiary/aromatic N) is 3. The monoisotopic (exact) mass is 286 g/mol. The van der Waals surface area contributed by atoms with E-state index in [-0.39, 0.29) is 4.99 Å². The molecule has 2 aromatic rings. The second-order valence-electron chi connectivity index (χ2n) is 3.37. The van der Waals surface area contributed by atoms with E-state index >= 15 is 0 Å². The maximum atomic E-state index is 6.04. The van der Waals surface area contributed by atoms with E-state index in [0.717, 1.165) is 5.56 Å². The molecular formula is C10H8Cl2N4S. The molecule has 0 aliphatic carbocycles. The highest BCUT2D eigenvalue weighted by atomic mass is 35.5. The minimum atomic E-state index is 0.168. The fourth-order valence-corrected chi connectivity index (χ4v) is 1.79. The fourth-order valence-electron chi connectivity index (χ4n) is 1.32. The quantitative estimate of drug-likeness (QED) is 0.880. The van der Waals surface area contributed by atoms with Gasteiger partial charge in [-0.15, -0.1) is 5.10 Å². The summed E-state index contributed by atoms with van der Waals surface area (Å²) in [6, 6.07) is 5.26. The Morgan fingerprint density at radius 2 is 2.18 bits per heavy atom. The summed E-state index contributed by atoms with van der Waals surface area (Å²) in [4.78, 5) is 4.14. The Labute approximate surface area is 113 Å². The van der Waals surface area contributed by atoms with Crippen LogP contribution in [0.15, 0.2) is 24.5 Å². The molecule has 0 fully saturated rings. The van der Waals surface area contributed by atoms with Gasteiger partial charge in [-0.3, -0.25) is 0 Å². The maximum absolute atomic E-state index is 6.04. The molecule has 0 radical (unpaired) electrons. The first kappa shape index (κ1) is 12.3. The highest BCUT2D eigenvalue weighted by molar-refractivity contribution is 7.80. The van der Waals surface area contributed by atoms with Crippen molar-refractivity contribution in [1.82, 2.24) is 14.8 Å². The van der Waals surface area contributed by atoms with Gasteiger partial charge in [0.15, 0.2) is 0 Å². The van der Waals surface area contributed by atoms with Gasteiger partial charge < -0.3 is 5.73 Å². The van der Waals surface area contributed by atoms with Gasteiger partial charge in [0.05, 0.1) is 6.54 Å². The van der Waals surface area contributed by atoms with Crippen molar-refractivity contribution < 1.29 is 0 Å². The summed E-state index contributed by atoms with van der Waals surface area (Å²) < 4.78 is 1.60. The lowest BCUT2D eigenvalue weighted by Crippen LogP contribution is -2.12. The Morgan fingerprint density at radius 1 is 1.41 bits per heavy atom. The lowest BCUT2D eigenvalue weighted by molar-refractivity contribution is 0.683. The van der Waals surface area contributed by atoms with Crippen LogP contribution >= 0.6 is 35.4 Å². The van der Waals surface area contributed by atoms with E-state index in [0.29, 0.717) is 22.4 Å². The summed E-state index contributed by atoms with van der Waals surface area (Å²) in [5.41, 5.74) is 6.28. The molecule has 0 aliphatic rings. The first-order valence-electron chi connectivity index (χ1n) is 4.69. The highest BCUT2D eigenvalue weighted by Crippen LogP contribution is 2.21. The molecule has 88 valence electrons. The summed E-state index contributed by atoms with van der Waals surface area (Å²) in [6.45, 7) is 0.467. The van der Waals surface area contributed by atoms with Gasteiger partial charge in [0.1, 0.15) is 11.3 Å². The average molecular weight is 287 g/mol. The Hall–Kier alpha value is -1.17. The molecule has 17 heavy (non-hydrogen) atoms. The lowest BCUT2D eigenvalue weighted by Gasteiger charge is -2.04. The number of hydrogen-bond donors (Lipinski definition) is 1. The van der Waals surface area contributed by atoms with Gasteiger partial charge in [-0.2, -0.15) is 0 Å². The predicted molar refractivity (Wildman–Crippen MR) is 71.5 cm³/mol. The van der Waals surface area contributed by atoms with Crippen LogP contribution in [0.4, 0.5) is 0 Å². The summed E-state index contributed by atoms with van der Waals surface area (Å²) in [6.07, 6.45) is 1.55. The Morgan fingerprint density at radius 3 is 2.82 bits per heavy atom. The minimum absolute atomic E-state index is 0.168. The van der Waals surface area contributed by atoms with E-state index in [1.807, 2.05) is 0 Å². The van der Waals surface area contributed by atoms with Crippen LogP contribution in [-0.4, -0.2) is 19.8 Å². The van der Waals surface area contributed by atoms with Crippen molar-refractivity contribution in [2.45, 2.75) is 6.54 Å². The Bertz CT molecular complexity index is 567. The number of benzene rings is 1. The molecular weight excluding hydrogens is 279 g/mol. The third-order valence-electron chi connectivity index (χ3n) is 2.10. The zero-order chi connectivity index (χ0) is 12.4. The molecule has 0 bridgehead atoms. The first-order valence-corrected chi connectivity index (χ1v) is 5.86. The van der Waals surface area contributed by atoms with E-state index in [4.69, 9.17) is 41.2 Å². The summed E-state index contributed by atoms with van der Waals surface area (Å²) in [5.74, 6) is 0.346. The third-order valence-corrected chi connectivity index (χ3v) is 2.88. The zero-order valence-corrected chi connectivity index (χ0v) is 10.9. The number of halogens is 2. The number of aromatic nitrogens is 3. The standard InChI is InChI=1S/C10H8Cl2N4S/c11-7-1-2-8(12)6(3-7)4-16-5-14-10(15-16)9(13)17/h1-3,5H,4H2,(H2,13,17). The van der Waals surface area contributed by atoms with Crippen LogP contribution in [0.3, 0.4) is 0 Å². The van der Waals surface area contributed by atoms with Gasteiger partial charge in [-0.05, 0) is 23.8 Å². The molecule has 0 amide bonds. The molecule has 2 N–H and O–H groups in total. The van der Waals surface area contributed by atoms with Crippen molar-refractivity contribution in [3.63, 3.8) is 0 Å². The van der Waals surface area contributed by atoms with Crippen LogP contribution in [-0.2, 0) is 6.54 Å². The molecule has 1 aromatic heterocycles. The molecule has 2 rings (SSSR count). The molecule has 1 aromatic carbocycles. The van der Waals surface area contributed by atoms with Crippen molar-refractivity contribution in [1.29, 1.82) is 0 Å². The van der Waals surface area contributed by atoms with Crippen molar-refractivity contribution in [3.8, 4) is 0 Å². The van der Waals surface area contributed by atoms with E-state index in [9.17, 15) is 0 Å². The molecule has 0 unspecified atom stereocenters. The largest absolute Gasteiger partial charge is 0.387 e. The van der Waals surface area contributed by atoms with Gasteiger partial charge >= 0.3 is 0 Å². The Balaban J connectivity index is 2.25. The number of nitrogens with two attached hydrogens (primary N) is 1. The van der Waals surface area contributed by atoms with Crippen molar-refractivity contribution in [2.24, 2.45) is 5.73 Å². The van der Waals surface area contributed by atoms with Gasteiger partial charge in [-0.25, -0.2) is 9.67 Å². The van der Waals surface area contributed by atoms with Crippen LogP contribution < -0.4 is 5.73 Å². The van der Waals surface area contributed by atoms with Crippen LogP contribution in [0, 0.1) is 0 Å². The van der Waals surface area contributed by atoms with E-state index in [1.165, 1.54) is 0 Å². The van der Waals surface area contributed by atoms with Gasteiger partial charge in [0.25, 0.3) is 0 Å². The molecule has 0 aliphatic heterocycles. The van der Waals surface area contributed by atoms with Crippen LogP contribution in [0.1, 0.15) is 11.4 Å². The molecule has 0 spiro atoms. The smallest absolute Gasteiger partial charge is 0.208 e. The number of hydrogen-bond acceptors (Lipinski definition) is 3. The third kappa shape index (κ3) is 2.94. The second kappa shape index (κ2) is 5.00. The van der Waals surface area contributed by atoms with Crippen LogP contribution in [0.5, 0.6) is 0 Å². The van der Waals surface area contributed by atoms with E-state index in [1.54, 1.807) is 29.2 Å². The fraction of sp³-hybridized carbons (Fsp3) is 0.100. The minimum Gasteiger partial charge on any atom is -0.387 e. The Kier molecular flexibility index (Phi) is 3.61. The molecule has 4 nitrogen and oxygen atoms in total. The van der Waals surface area contributed by atoms with Crippen molar-refractivity contribution >= 4 is 40.4 Å². The zero-order valence-electron chi connectivity index (χ0n) is 8.60. The van der Waals surface area contributed by atoms with E-state index < -0.39 is 0 Å². The predicted octanol–water partition coefficient (Wildman–Crippen LogP) is 2.27. The number of rotatable bonds is 3. The van der Waals surface area contributed by atoms with Gasteiger partial charge in [0, 0.05) is 10.0 Å². The summed E-state index contributed by atoms with van der Waals surface area (Å²) >= 11 is 16.7. The van der Waals surface area contributed by atoms with E-state index in [2.05, 4.69) is 10.1 Å². The van der Waals surface area contributed by atoms with Crippen LogP contribution in [0.25, 0.3) is 0 Å². The van der Waals surface area contributed by atoms with Crippen LogP contribution in [0.2, 0.25) is 10.0 Å². The normalized spacial score (nSPS) is 10.5. The summed E-state index contributed by atoms with van der Waals surface area (Å²) in [5, 5.41) is 5.36.